The summed E-state index contributed by atoms with van der Waals surface area (Å²) in [5.41, 5.74) is 0.421. The largest absolute Gasteiger partial charge is 0.314 e. The first-order chi connectivity index (χ1) is 6.73. The number of nitrogens with one attached hydrogen (secondary N) is 1. The lowest BCUT2D eigenvalue weighted by molar-refractivity contribution is 0.244. The molecule has 1 heteroatoms. The first-order valence-electron chi connectivity index (χ1n) is 6.47. The average molecular weight is 213 g/mol. The third kappa shape index (κ3) is 7.84. The van der Waals surface area contributed by atoms with Gasteiger partial charge >= 0.3 is 0 Å². The third-order valence-electron chi connectivity index (χ3n) is 3.43. The van der Waals surface area contributed by atoms with E-state index in [1.165, 1.54) is 12.8 Å². The number of hydrogen-bond donors (Lipinski definition) is 1. The molecule has 1 N–H and O–H groups in total. The zero-order valence-corrected chi connectivity index (χ0v) is 11.9. The van der Waals surface area contributed by atoms with Crippen LogP contribution in [0.1, 0.15) is 61.3 Å². The summed E-state index contributed by atoms with van der Waals surface area (Å²) in [5.74, 6) is 1.56. The maximum Gasteiger partial charge on any atom is 0.00389 e. The zero-order valence-electron chi connectivity index (χ0n) is 11.9. The molecular weight excluding hydrogens is 182 g/mol. The number of hydrogen-bond acceptors (Lipinski definition) is 1. The van der Waals surface area contributed by atoms with Crippen LogP contribution in [0.25, 0.3) is 0 Å². The lowest BCUT2D eigenvalue weighted by atomic mass is 9.82. The fourth-order valence-corrected chi connectivity index (χ4v) is 1.37. The van der Waals surface area contributed by atoms with E-state index in [4.69, 9.17) is 0 Å². The van der Waals surface area contributed by atoms with E-state index < -0.39 is 0 Å². The van der Waals surface area contributed by atoms with E-state index in [2.05, 4.69) is 53.8 Å². The summed E-state index contributed by atoms with van der Waals surface area (Å²) in [6, 6.07) is 0.664. The minimum atomic E-state index is 0.421. The van der Waals surface area contributed by atoms with Crippen molar-refractivity contribution < 1.29 is 0 Å². The highest BCUT2D eigenvalue weighted by atomic mass is 14.9. The van der Waals surface area contributed by atoms with Crippen LogP contribution in [-0.2, 0) is 0 Å². The first-order valence-corrected chi connectivity index (χ1v) is 6.47. The molecule has 0 fully saturated rings. The summed E-state index contributed by atoms with van der Waals surface area (Å²) in [7, 11) is 0. The van der Waals surface area contributed by atoms with Crippen LogP contribution in [-0.4, -0.2) is 12.6 Å². The lowest BCUT2D eigenvalue weighted by Crippen LogP contribution is -2.35. The van der Waals surface area contributed by atoms with Crippen molar-refractivity contribution >= 4 is 0 Å². The first kappa shape index (κ1) is 15.0. The molecule has 0 aliphatic carbocycles. The van der Waals surface area contributed by atoms with Crippen molar-refractivity contribution in [3.63, 3.8) is 0 Å². The molecule has 2 atom stereocenters. The van der Waals surface area contributed by atoms with Crippen LogP contribution in [0.3, 0.4) is 0 Å². The summed E-state index contributed by atoms with van der Waals surface area (Å²) in [4.78, 5) is 0. The molecule has 0 rings (SSSR count). The average Bonchev–Trinajstić information content (AvgIpc) is 2.09. The van der Waals surface area contributed by atoms with Crippen LogP contribution >= 0.6 is 0 Å². The molecule has 0 saturated carbocycles. The van der Waals surface area contributed by atoms with Gasteiger partial charge in [-0.3, -0.25) is 0 Å². The van der Waals surface area contributed by atoms with Gasteiger partial charge in [-0.2, -0.15) is 0 Å². The highest BCUT2D eigenvalue weighted by Crippen LogP contribution is 2.24. The minimum absolute atomic E-state index is 0.421. The van der Waals surface area contributed by atoms with Crippen LogP contribution in [0.4, 0.5) is 0 Å². The molecule has 0 heterocycles. The number of rotatable bonds is 6. The van der Waals surface area contributed by atoms with Gasteiger partial charge in [-0.15, -0.1) is 0 Å². The van der Waals surface area contributed by atoms with E-state index in [0.717, 1.165) is 18.4 Å². The van der Waals surface area contributed by atoms with Crippen molar-refractivity contribution in [2.45, 2.75) is 67.3 Å². The highest BCUT2D eigenvalue weighted by molar-refractivity contribution is 4.73. The smallest absolute Gasteiger partial charge is 0.00389 e. The summed E-state index contributed by atoms with van der Waals surface area (Å²) in [6.45, 7) is 17.3. The van der Waals surface area contributed by atoms with Gasteiger partial charge in [-0.25, -0.2) is 0 Å². The summed E-state index contributed by atoms with van der Waals surface area (Å²) in [5, 5.41) is 3.64. The Morgan fingerprint density at radius 3 is 1.87 bits per heavy atom. The van der Waals surface area contributed by atoms with Gasteiger partial charge in [0.05, 0.1) is 0 Å². The summed E-state index contributed by atoms with van der Waals surface area (Å²) in [6.07, 6.45) is 2.63. The molecule has 0 amide bonds. The Labute approximate surface area is 97.0 Å². The predicted molar refractivity (Wildman–Crippen MR) is 70.2 cm³/mol. The minimum Gasteiger partial charge on any atom is -0.314 e. The molecule has 0 aromatic carbocycles. The quantitative estimate of drug-likeness (QED) is 0.701. The molecule has 0 aromatic heterocycles. The molecule has 0 radical (unpaired) electrons. The van der Waals surface area contributed by atoms with Crippen LogP contribution in [0.5, 0.6) is 0 Å². The van der Waals surface area contributed by atoms with Gasteiger partial charge in [0.1, 0.15) is 0 Å². The molecule has 0 aromatic rings. The Morgan fingerprint density at radius 2 is 1.47 bits per heavy atom. The Morgan fingerprint density at radius 1 is 0.933 bits per heavy atom. The second-order valence-corrected chi connectivity index (χ2v) is 6.55. The molecule has 15 heavy (non-hydrogen) atoms. The van der Waals surface area contributed by atoms with Crippen LogP contribution in [0.15, 0.2) is 0 Å². The van der Waals surface area contributed by atoms with Crippen molar-refractivity contribution in [2.24, 2.45) is 17.3 Å². The van der Waals surface area contributed by atoms with E-state index in [1.807, 2.05) is 0 Å². The summed E-state index contributed by atoms with van der Waals surface area (Å²) < 4.78 is 0. The maximum absolute atomic E-state index is 3.64. The van der Waals surface area contributed by atoms with Gasteiger partial charge in [0.2, 0.25) is 0 Å². The second kappa shape index (κ2) is 6.52. The predicted octanol–water partition coefficient (Wildman–Crippen LogP) is 4.08. The fourth-order valence-electron chi connectivity index (χ4n) is 1.37. The Kier molecular flexibility index (Phi) is 6.51. The van der Waals surface area contributed by atoms with Crippen molar-refractivity contribution in [1.29, 1.82) is 0 Å². The standard InChI is InChI=1S/C14H31N/c1-11(2)8-9-13(4)15-10-12(3)14(5,6)7/h11-13,15H,8-10H2,1-7H3. The van der Waals surface area contributed by atoms with Gasteiger partial charge in [0.15, 0.2) is 0 Å². The van der Waals surface area contributed by atoms with E-state index in [9.17, 15) is 0 Å². The second-order valence-electron chi connectivity index (χ2n) is 6.55. The zero-order chi connectivity index (χ0) is 12.1. The van der Waals surface area contributed by atoms with Gasteiger partial charge in [-0.1, -0.05) is 41.5 Å². The Hall–Kier alpha value is -0.0400. The molecule has 1 nitrogen and oxygen atoms in total. The van der Waals surface area contributed by atoms with Crippen molar-refractivity contribution in [2.75, 3.05) is 6.54 Å². The molecule has 0 spiro atoms. The van der Waals surface area contributed by atoms with E-state index in [0.29, 0.717) is 11.5 Å². The maximum atomic E-state index is 3.64. The summed E-state index contributed by atoms with van der Waals surface area (Å²) >= 11 is 0. The van der Waals surface area contributed by atoms with Crippen LogP contribution in [0, 0.1) is 17.3 Å². The lowest BCUT2D eigenvalue weighted by Gasteiger charge is -2.29. The molecule has 92 valence electrons. The third-order valence-corrected chi connectivity index (χ3v) is 3.43. The van der Waals surface area contributed by atoms with Crippen molar-refractivity contribution in [3.8, 4) is 0 Å². The molecule has 2 unspecified atom stereocenters. The Balaban J connectivity index is 3.66. The van der Waals surface area contributed by atoms with Crippen LogP contribution in [0.2, 0.25) is 0 Å². The topological polar surface area (TPSA) is 12.0 Å². The SMILES string of the molecule is CC(C)CCC(C)NCC(C)C(C)(C)C. The normalized spacial score (nSPS) is 16.8. The van der Waals surface area contributed by atoms with Crippen LogP contribution < -0.4 is 5.32 Å². The molecule has 0 saturated heterocycles. The van der Waals surface area contributed by atoms with Gasteiger partial charge < -0.3 is 5.32 Å². The highest BCUT2D eigenvalue weighted by Gasteiger charge is 2.19. The van der Waals surface area contributed by atoms with Crippen molar-refractivity contribution in [3.05, 3.63) is 0 Å². The van der Waals surface area contributed by atoms with E-state index in [-0.39, 0.29) is 0 Å². The van der Waals surface area contributed by atoms with E-state index >= 15 is 0 Å². The van der Waals surface area contributed by atoms with E-state index in [1.54, 1.807) is 0 Å². The molecule has 0 aliphatic rings. The van der Waals surface area contributed by atoms with Gasteiger partial charge in [-0.05, 0) is 43.6 Å². The van der Waals surface area contributed by atoms with Crippen molar-refractivity contribution in [1.82, 2.24) is 5.32 Å². The molecular formula is C14H31N. The van der Waals surface area contributed by atoms with Gasteiger partial charge in [0.25, 0.3) is 0 Å². The molecule has 0 bridgehead atoms. The monoisotopic (exact) mass is 213 g/mol. The van der Waals surface area contributed by atoms with Gasteiger partial charge in [0, 0.05) is 6.04 Å². The Bertz CT molecular complexity index is 155. The molecule has 0 aliphatic heterocycles. The fraction of sp³-hybridized carbons (Fsp3) is 1.00.